The number of nitrogens with two attached hydrogens (primary N) is 1. The molecule has 19 heavy (non-hydrogen) atoms. The van der Waals surface area contributed by atoms with Gasteiger partial charge in [-0.15, -0.1) is 0 Å². The van der Waals surface area contributed by atoms with Crippen molar-refractivity contribution < 1.29 is 0 Å². The highest BCUT2D eigenvalue weighted by atomic mass is 35.5. The number of nitrogen functional groups attached to an aromatic ring is 1. The molecule has 0 spiro atoms. The molecule has 94 valence electrons. The Kier molecular flexibility index (Phi) is 3.23. The maximum Gasteiger partial charge on any atom is 0.127 e. The van der Waals surface area contributed by atoms with Gasteiger partial charge >= 0.3 is 0 Å². The number of thiazole rings is 1. The van der Waals surface area contributed by atoms with E-state index in [9.17, 15) is 0 Å². The minimum absolute atomic E-state index is 0.691. The van der Waals surface area contributed by atoms with E-state index >= 15 is 0 Å². The maximum atomic E-state index is 6.19. The molecule has 0 aliphatic heterocycles. The summed E-state index contributed by atoms with van der Waals surface area (Å²) < 4.78 is 0. The monoisotopic (exact) mass is 286 g/mol. The fraction of sp³-hybridized carbons (Fsp3) is 0. The van der Waals surface area contributed by atoms with Crippen LogP contribution in [0, 0.1) is 0 Å². The molecule has 3 rings (SSSR count). The molecular formula is C15H11ClN2S. The molecule has 2 nitrogen and oxygen atoms in total. The Morgan fingerprint density at radius 3 is 2.37 bits per heavy atom. The SMILES string of the molecule is Nc1sc(-c2ccccc2Cl)nc1-c1ccccc1. The summed E-state index contributed by atoms with van der Waals surface area (Å²) >= 11 is 7.65. The van der Waals surface area contributed by atoms with Crippen LogP contribution in [0.3, 0.4) is 0 Å². The molecule has 2 N–H and O–H groups in total. The smallest absolute Gasteiger partial charge is 0.127 e. The van der Waals surface area contributed by atoms with E-state index in [-0.39, 0.29) is 0 Å². The Morgan fingerprint density at radius 1 is 0.947 bits per heavy atom. The molecule has 0 unspecified atom stereocenters. The summed E-state index contributed by atoms with van der Waals surface area (Å²) in [6.45, 7) is 0. The maximum absolute atomic E-state index is 6.19. The van der Waals surface area contributed by atoms with E-state index in [1.54, 1.807) is 0 Å². The molecule has 2 aromatic carbocycles. The molecule has 3 aromatic rings. The zero-order valence-corrected chi connectivity index (χ0v) is 11.6. The van der Waals surface area contributed by atoms with Gasteiger partial charge in [0.2, 0.25) is 0 Å². The van der Waals surface area contributed by atoms with Crippen molar-refractivity contribution in [3.63, 3.8) is 0 Å². The van der Waals surface area contributed by atoms with Gasteiger partial charge in [0.15, 0.2) is 0 Å². The van der Waals surface area contributed by atoms with Gasteiger partial charge in [0.25, 0.3) is 0 Å². The van der Waals surface area contributed by atoms with Gasteiger partial charge in [-0.2, -0.15) is 0 Å². The number of anilines is 1. The topological polar surface area (TPSA) is 38.9 Å². The first-order valence-corrected chi connectivity index (χ1v) is 7.02. The number of aromatic nitrogens is 1. The highest BCUT2D eigenvalue weighted by Crippen LogP contribution is 2.38. The van der Waals surface area contributed by atoms with Crippen molar-refractivity contribution in [1.82, 2.24) is 4.98 Å². The van der Waals surface area contributed by atoms with E-state index in [4.69, 9.17) is 17.3 Å². The molecule has 0 radical (unpaired) electrons. The average Bonchev–Trinajstić information content (AvgIpc) is 2.82. The van der Waals surface area contributed by atoms with Crippen molar-refractivity contribution in [3.05, 3.63) is 59.6 Å². The second kappa shape index (κ2) is 5.03. The van der Waals surface area contributed by atoms with Crippen molar-refractivity contribution in [3.8, 4) is 21.8 Å². The van der Waals surface area contributed by atoms with Crippen LogP contribution < -0.4 is 5.73 Å². The lowest BCUT2D eigenvalue weighted by Gasteiger charge is -1.98. The summed E-state index contributed by atoms with van der Waals surface area (Å²) in [5.41, 5.74) is 8.84. The summed E-state index contributed by atoms with van der Waals surface area (Å²) in [6, 6.07) is 17.6. The van der Waals surface area contributed by atoms with Crippen LogP contribution in [-0.2, 0) is 0 Å². The molecular weight excluding hydrogens is 276 g/mol. The van der Waals surface area contributed by atoms with E-state index in [2.05, 4.69) is 4.98 Å². The summed E-state index contributed by atoms with van der Waals surface area (Å²) in [5, 5.41) is 2.25. The quantitative estimate of drug-likeness (QED) is 0.741. The van der Waals surface area contributed by atoms with Crippen molar-refractivity contribution in [1.29, 1.82) is 0 Å². The van der Waals surface area contributed by atoms with Gasteiger partial charge in [-0.05, 0) is 6.07 Å². The Labute approximate surface area is 120 Å². The van der Waals surface area contributed by atoms with Crippen molar-refractivity contribution in [2.75, 3.05) is 5.73 Å². The summed E-state index contributed by atoms with van der Waals surface area (Å²) in [6.07, 6.45) is 0. The average molecular weight is 287 g/mol. The Morgan fingerprint density at radius 2 is 1.63 bits per heavy atom. The molecule has 0 saturated heterocycles. The van der Waals surface area contributed by atoms with Crippen LogP contribution in [0.2, 0.25) is 5.02 Å². The van der Waals surface area contributed by atoms with Gasteiger partial charge < -0.3 is 5.73 Å². The summed E-state index contributed by atoms with van der Waals surface area (Å²) in [4.78, 5) is 4.62. The van der Waals surface area contributed by atoms with Crippen LogP contribution in [0.4, 0.5) is 5.00 Å². The van der Waals surface area contributed by atoms with Gasteiger partial charge in [0.1, 0.15) is 15.7 Å². The normalized spacial score (nSPS) is 10.6. The van der Waals surface area contributed by atoms with E-state index < -0.39 is 0 Å². The lowest BCUT2D eigenvalue weighted by Crippen LogP contribution is -1.85. The molecule has 0 amide bonds. The molecule has 0 aliphatic rings. The van der Waals surface area contributed by atoms with Crippen LogP contribution in [0.15, 0.2) is 54.6 Å². The Bertz CT molecular complexity index is 707. The van der Waals surface area contributed by atoms with E-state index in [1.807, 2.05) is 54.6 Å². The van der Waals surface area contributed by atoms with Crippen LogP contribution in [-0.4, -0.2) is 4.98 Å². The molecule has 1 aromatic heterocycles. The zero-order valence-electron chi connectivity index (χ0n) is 10.0. The lowest BCUT2D eigenvalue weighted by atomic mass is 10.1. The molecule has 0 fully saturated rings. The van der Waals surface area contributed by atoms with Crippen LogP contribution >= 0.6 is 22.9 Å². The number of rotatable bonds is 2. The van der Waals surface area contributed by atoms with Gasteiger partial charge in [-0.3, -0.25) is 0 Å². The second-order valence-electron chi connectivity index (χ2n) is 4.08. The number of halogens is 1. The first kappa shape index (κ1) is 12.2. The fourth-order valence-electron chi connectivity index (χ4n) is 1.88. The minimum atomic E-state index is 0.691. The van der Waals surface area contributed by atoms with Gasteiger partial charge in [0.05, 0.1) is 5.02 Å². The molecule has 1 heterocycles. The Hall–Kier alpha value is -1.84. The van der Waals surface area contributed by atoms with Crippen molar-refractivity contribution in [2.24, 2.45) is 0 Å². The van der Waals surface area contributed by atoms with Crippen molar-refractivity contribution >= 4 is 27.9 Å². The Balaban J connectivity index is 2.10. The zero-order chi connectivity index (χ0) is 13.2. The summed E-state index contributed by atoms with van der Waals surface area (Å²) in [7, 11) is 0. The largest absolute Gasteiger partial charge is 0.389 e. The van der Waals surface area contributed by atoms with Crippen molar-refractivity contribution in [2.45, 2.75) is 0 Å². The van der Waals surface area contributed by atoms with Crippen LogP contribution in [0.25, 0.3) is 21.8 Å². The molecule has 0 saturated carbocycles. The second-order valence-corrected chi connectivity index (χ2v) is 5.52. The van der Waals surface area contributed by atoms with Gasteiger partial charge in [-0.25, -0.2) is 4.98 Å². The van der Waals surface area contributed by atoms with Gasteiger partial charge in [0, 0.05) is 11.1 Å². The predicted molar refractivity (Wildman–Crippen MR) is 82.4 cm³/mol. The minimum Gasteiger partial charge on any atom is -0.389 e. The predicted octanol–water partition coefficient (Wildman–Crippen LogP) is 4.71. The highest BCUT2D eigenvalue weighted by molar-refractivity contribution is 7.19. The number of hydrogen-bond acceptors (Lipinski definition) is 3. The van der Waals surface area contributed by atoms with E-state index in [1.165, 1.54) is 11.3 Å². The summed E-state index contributed by atoms with van der Waals surface area (Å²) in [5.74, 6) is 0. The molecule has 0 bridgehead atoms. The van der Waals surface area contributed by atoms with Gasteiger partial charge in [-0.1, -0.05) is 71.5 Å². The lowest BCUT2D eigenvalue weighted by molar-refractivity contribution is 1.40. The third-order valence-corrected chi connectivity index (χ3v) is 4.05. The first-order valence-electron chi connectivity index (χ1n) is 5.82. The molecule has 0 aliphatic carbocycles. The van der Waals surface area contributed by atoms with Crippen LogP contribution in [0.5, 0.6) is 0 Å². The van der Waals surface area contributed by atoms with E-state index in [0.717, 1.165) is 21.8 Å². The highest BCUT2D eigenvalue weighted by Gasteiger charge is 2.13. The third-order valence-electron chi connectivity index (χ3n) is 2.80. The van der Waals surface area contributed by atoms with E-state index in [0.29, 0.717) is 10.0 Å². The fourth-order valence-corrected chi connectivity index (χ4v) is 3.06. The number of hydrogen-bond donors (Lipinski definition) is 1. The number of benzene rings is 2. The first-order chi connectivity index (χ1) is 9.25. The molecule has 4 heteroatoms. The molecule has 0 atom stereocenters. The number of nitrogens with zero attached hydrogens (tertiary/aromatic N) is 1. The van der Waals surface area contributed by atoms with Crippen LogP contribution in [0.1, 0.15) is 0 Å². The third kappa shape index (κ3) is 2.35. The standard InChI is InChI=1S/C15H11ClN2S/c16-12-9-5-4-8-11(12)15-18-13(14(17)19-15)10-6-2-1-3-7-10/h1-9H,17H2.